The van der Waals surface area contributed by atoms with Gasteiger partial charge in [-0.05, 0) is 57.3 Å². The fraction of sp³-hybridized carbons (Fsp3) is 0.500. The van der Waals surface area contributed by atoms with Gasteiger partial charge in [0.1, 0.15) is 5.82 Å². The molecule has 134 valence electrons. The Kier molecular flexibility index (Phi) is 6.23. The van der Waals surface area contributed by atoms with Gasteiger partial charge in [-0.2, -0.15) is 0 Å². The third-order valence-electron chi connectivity index (χ3n) is 5.13. The molecule has 5 nitrogen and oxygen atoms in total. The van der Waals surface area contributed by atoms with Gasteiger partial charge in [-0.15, -0.1) is 0 Å². The van der Waals surface area contributed by atoms with Crippen LogP contribution in [0.15, 0.2) is 42.7 Å². The van der Waals surface area contributed by atoms with E-state index in [1.807, 2.05) is 49.6 Å². The van der Waals surface area contributed by atoms with E-state index >= 15 is 0 Å². The third kappa shape index (κ3) is 5.43. The Hall–Kier alpha value is -2.14. The summed E-state index contributed by atoms with van der Waals surface area (Å²) in [6, 6.07) is 9.70. The minimum atomic E-state index is 0.129. The average Bonchev–Trinajstić information content (AvgIpc) is 3.05. The van der Waals surface area contributed by atoms with E-state index in [1.54, 1.807) is 0 Å². The Morgan fingerprint density at radius 2 is 1.96 bits per heavy atom. The van der Waals surface area contributed by atoms with Gasteiger partial charge in [0, 0.05) is 37.6 Å². The van der Waals surface area contributed by atoms with Gasteiger partial charge in [0.2, 0.25) is 5.91 Å². The van der Waals surface area contributed by atoms with Crippen LogP contribution < -0.4 is 5.32 Å². The van der Waals surface area contributed by atoms with Crippen molar-refractivity contribution in [3.63, 3.8) is 0 Å². The SMILES string of the molecule is Cc1nccn1CCN1CCC(CCC(=O)Nc2ccccc2)CC1. The lowest BCUT2D eigenvalue weighted by atomic mass is 9.92. The summed E-state index contributed by atoms with van der Waals surface area (Å²) in [7, 11) is 0. The number of aromatic nitrogens is 2. The van der Waals surface area contributed by atoms with Gasteiger partial charge in [-0.1, -0.05) is 18.2 Å². The van der Waals surface area contributed by atoms with Crippen molar-refractivity contribution in [1.29, 1.82) is 0 Å². The van der Waals surface area contributed by atoms with Gasteiger partial charge in [0.05, 0.1) is 0 Å². The Balaban J connectivity index is 1.32. The van der Waals surface area contributed by atoms with Crippen molar-refractivity contribution in [3.8, 4) is 0 Å². The number of anilines is 1. The first-order valence-electron chi connectivity index (χ1n) is 9.25. The van der Waals surface area contributed by atoms with Crippen molar-refractivity contribution >= 4 is 11.6 Å². The van der Waals surface area contributed by atoms with Crippen molar-refractivity contribution in [1.82, 2.24) is 14.5 Å². The smallest absolute Gasteiger partial charge is 0.224 e. The first kappa shape index (κ1) is 17.7. The molecule has 0 spiro atoms. The monoisotopic (exact) mass is 340 g/mol. The van der Waals surface area contributed by atoms with Crippen LogP contribution >= 0.6 is 0 Å². The zero-order valence-corrected chi connectivity index (χ0v) is 15.0. The van der Waals surface area contributed by atoms with Gasteiger partial charge < -0.3 is 14.8 Å². The first-order chi connectivity index (χ1) is 12.2. The van der Waals surface area contributed by atoms with E-state index in [1.165, 1.54) is 12.8 Å². The van der Waals surface area contributed by atoms with Crippen molar-refractivity contribution in [3.05, 3.63) is 48.5 Å². The summed E-state index contributed by atoms with van der Waals surface area (Å²) < 4.78 is 2.21. The topological polar surface area (TPSA) is 50.2 Å². The van der Waals surface area contributed by atoms with Crippen LogP contribution in [0.1, 0.15) is 31.5 Å². The zero-order chi connectivity index (χ0) is 17.5. The Morgan fingerprint density at radius 3 is 2.64 bits per heavy atom. The molecule has 3 rings (SSSR count). The van der Waals surface area contributed by atoms with Gasteiger partial charge >= 0.3 is 0 Å². The molecule has 1 amide bonds. The van der Waals surface area contributed by atoms with E-state index in [0.29, 0.717) is 12.3 Å². The highest BCUT2D eigenvalue weighted by atomic mass is 16.1. The number of aryl methyl sites for hydroxylation is 1. The van der Waals surface area contributed by atoms with E-state index in [2.05, 4.69) is 19.8 Å². The molecule has 0 saturated carbocycles. The van der Waals surface area contributed by atoms with E-state index in [0.717, 1.165) is 44.1 Å². The highest BCUT2D eigenvalue weighted by Crippen LogP contribution is 2.22. The van der Waals surface area contributed by atoms with Gasteiger partial charge in [-0.3, -0.25) is 4.79 Å². The fourth-order valence-electron chi connectivity index (χ4n) is 3.47. The Morgan fingerprint density at radius 1 is 1.20 bits per heavy atom. The number of amides is 1. The van der Waals surface area contributed by atoms with Crippen LogP contribution in [0.4, 0.5) is 5.69 Å². The molecule has 0 aliphatic carbocycles. The maximum atomic E-state index is 12.1. The van der Waals surface area contributed by atoms with Crippen molar-refractivity contribution in [2.75, 3.05) is 25.0 Å². The molecule has 5 heteroatoms. The standard InChI is InChI=1S/C20H28N4O/c1-17-21-11-14-24(17)16-15-23-12-9-18(10-13-23)7-8-20(25)22-19-5-3-2-4-6-19/h2-6,11,14,18H,7-10,12-13,15-16H2,1H3,(H,22,25). The van der Waals surface area contributed by atoms with Crippen LogP contribution in [-0.4, -0.2) is 40.0 Å². The predicted octanol–water partition coefficient (Wildman–Crippen LogP) is 3.32. The van der Waals surface area contributed by atoms with Gasteiger partial charge in [0.25, 0.3) is 0 Å². The van der Waals surface area contributed by atoms with E-state index in [-0.39, 0.29) is 5.91 Å². The van der Waals surface area contributed by atoms with Crippen LogP contribution in [0, 0.1) is 12.8 Å². The van der Waals surface area contributed by atoms with Crippen LogP contribution in [0.2, 0.25) is 0 Å². The number of benzene rings is 1. The largest absolute Gasteiger partial charge is 0.334 e. The number of piperidine rings is 1. The maximum absolute atomic E-state index is 12.1. The Bertz CT molecular complexity index is 659. The summed E-state index contributed by atoms with van der Waals surface area (Å²) in [5.74, 6) is 1.89. The molecule has 1 aromatic heterocycles. The van der Waals surface area contributed by atoms with E-state index in [4.69, 9.17) is 0 Å². The maximum Gasteiger partial charge on any atom is 0.224 e. The molecule has 1 aliphatic rings. The predicted molar refractivity (Wildman–Crippen MR) is 100 cm³/mol. The third-order valence-corrected chi connectivity index (χ3v) is 5.13. The van der Waals surface area contributed by atoms with Gasteiger partial charge in [0.15, 0.2) is 0 Å². The second kappa shape index (κ2) is 8.81. The summed E-state index contributed by atoms with van der Waals surface area (Å²) in [6.45, 7) is 6.42. The highest BCUT2D eigenvalue weighted by Gasteiger charge is 2.19. The molecule has 1 fully saturated rings. The summed E-state index contributed by atoms with van der Waals surface area (Å²) in [6.07, 6.45) is 7.92. The minimum Gasteiger partial charge on any atom is -0.334 e. The Labute approximate surface area is 150 Å². The number of hydrogen-bond donors (Lipinski definition) is 1. The summed E-state index contributed by atoms with van der Waals surface area (Å²) >= 11 is 0. The molecule has 0 radical (unpaired) electrons. The molecule has 25 heavy (non-hydrogen) atoms. The van der Waals surface area contributed by atoms with Crippen LogP contribution in [-0.2, 0) is 11.3 Å². The second-order valence-electron chi connectivity index (χ2n) is 6.91. The molecule has 0 bridgehead atoms. The first-order valence-corrected chi connectivity index (χ1v) is 9.25. The lowest BCUT2D eigenvalue weighted by molar-refractivity contribution is -0.116. The van der Waals surface area contributed by atoms with Crippen molar-refractivity contribution in [2.45, 2.75) is 39.2 Å². The molecule has 0 atom stereocenters. The summed E-state index contributed by atoms with van der Waals surface area (Å²) in [5, 5.41) is 2.97. The van der Waals surface area contributed by atoms with Gasteiger partial charge in [-0.25, -0.2) is 4.98 Å². The quantitative estimate of drug-likeness (QED) is 0.841. The van der Waals surface area contributed by atoms with Crippen LogP contribution in [0.25, 0.3) is 0 Å². The normalized spacial score (nSPS) is 16.0. The molecule has 0 unspecified atom stereocenters. The van der Waals surface area contributed by atoms with Crippen LogP contribution in [0.3, 0.4) is 0 Å². The van der Waals surface area contributed by atoms with E-state index < -0.39 is 0 Å². The molecule has 1 aromatic carbocycles. The second-order valence-corrected chi connectivity index (χ2v) is 6.91. The number of hydrogen-bond acceptors (Lipinski definition) is 3. The van der Waals surface area contributed by atoms with Crippen molar-refractivity contribution in [2.24, 2.45) is 5.92 Å². The minimum absolute atomic E-state index is 0.129. The highest BCUT2D eigenvalue weighted by molar-refractivity contribution is 5.90. The zero-order valence-electron chi connectivity index (χ0n) is 15.0. The lowest BCUT2D eigenvalue weighted by Gasteiger charge is -2.32. The number of nitrogens with zero attached hydrogens (tertiary/aromatic N) is 3. The molecule has 1 N–H and O–H groups in total. The fourth-order valence-corrected chi connectivity index (χ4v) is 3.47. The molecule has 1 aliphatic heterocycles. The average molecular weight is 340 g/mol. The molecular formula is C20H28N4O. The number of nitrogens with one attached hydrogen (secondary N) is 1. The summed E-state index contributed by atoms with van der Waals surface area (Å²) in [5.41, 5.74) is 0.886. The number of carbonyl (C=O) groups is 1. The van der Waals surface area contributed by atoms with E-state index in [9.17, 15) is 4.79 Å². The molecular weight excluding hydrogens is 312 g/mol. The number of carbonyl (C=O) groups excluding carboxylic acids is 1. The van der Waals surface area contributed by atoms with Crippen LogP contribution in [0.5, 0.6) is 0 Å². The van der Waals surface area contributed by atoms with Crippen molar-refractivity contribution < 1.29 is 4.79 Å². The number of likely N-dealkylation sites (tertiary alicyclic amines) is 1. The number of para-hydroxylation sites is 1. The lowest BCUT2D eigenvalue weighted by Crippen LogP contribution is -2.36. The molecule has 2 heterocycles. The summed E-state index contributed by atoms with van der Waals surface area (Å²) in [4.78, 5) is 18.9. The number of imidazole rings is 1. The number of rotatable bonds is 7. The molecule has 1 saturated heterocycles. The molecule has 2 aromatic rings.